The van der Waals surface area contributed by atoms with Gasteiger partial charge >= 0.3 is 0 Å². The smallest absolute Gasteiger partial charge is 0.182 e. The number of hydrogen-bond donors (Lipinski definition) is 1. The Morgan fingerprint density at radius 3 is 2.75 bits per heavy atom. The van der Waals surface area contributed by atoms with E-state index in [4.69, 9.17) is 11.6 Å². The van der Waals surface area contributed by atoms with Gasteiger partial charge in [0, 0.05) is 23.5 Å². The van der Waals surface area contributed by atoms with E-state index in [1.165, 1.54) is 5.56 Å². The lowest BCUT2D eigenvalue weighted by Gasteiger charge is -2.15. The molecule has 0 bridgehead atoms. The molecule has 0 aliphatic carbocycles. The highest BCUT2D eigenvalue weighted by Gasteiger charge is 2.09. The predicted molar refractivity (Wildman–Crippen MR) is 70.4 cm³/mol. The molecule has 1 heterocycles. The van der Waals surface area contributed by atoms with E-state index in [1.54, 1.807) is 17.5 Å². The van der Waals surface area contributed by atoms with Crippen LogP contribution in [0, 0.1) is 0 Å². The molecule has 2 nitrogen and oxygen atoms in total. The molecule has 0 saturated heterocycles. The van der Waals surface area contributed by atoms with Crippen molar-refractivity contribution < 1.29 is 0 Å². The second-order valence-electron chi connectivity index (χ2n) is 3.52. The zero-order valence-corrected chi connectivity index (χ0v) is 10.3. The Hall–Kier alpha value is -1.06. The summed E-state index contributed by atoms with van der Waals surface area (Å²) in [5.41, 5.74) is 1.29. The first kappa shape index (κ1) is 11.4. The van der Waals surface area contributed by atoms with E-state index in [9.17, 15) is 0 Å². The van der Waals surface area contributed by atoms with Gasteiger partial charge in [-0.05, 0) is 12.0 Å². The largest absolute Gasteiger partial charge is 0.357 e. The maximum atomic E-state index is 5.95. The third-order valence-electron chi connectivity index (χ3n) is 2.27. The van der Waals surface area contributed by atoms with Gasteiger partial charge in [-0.3, -0.25) is 0 Å². The number of nitrogens with one attached hydrogen (secondary N) is 1. The number of thiazole rings is 1. The molecule has 84 valence electrons. The van der Waals surface area contributed by atoms with E-state index in [2.05, 4.69) is 22.4 Å². The van der Waals surface area contributed by atoms with Crippen molar-refractivity contribution in [3.05, 3.63) is 47.5 Å². The van der Waals surface area contributed by atoms with E-state index in [0.717, 1.165) is 11.6 Å². The van der Waals surface area contributed by atoms with Crippen LogP contribution >= 0.6 is 22.9 Å². The van der Waals surface area contributed by atoms with Crippen LogP contribution in [-0.2, 0) is 6.42 Å². The van der Waals surface area contributed by atoms with Crippen LogP contribution in [0.2, 0.25) is 0 Å². The molecular formula is C12H13ClN2S. The van der Waals surface area contributed by atoms with Crippen LogP contribution < -0.4 is 5.32 Å². The van der Waals surface area contributed by atoms with Gasteiger partial charge in [0.1, 0.15) is 0 Å². The summed E-state index contributed by atoms with van der Waals surface area (Å²) in [7, 11) is 0. The van der Waals surface area contributed by atoms with Crippen LogP contribution in [0.25, 0.3) is 0 Å². The molecule has 0 aliphatic heterocycles. The third-order valence-corrected chi connectivity index (χ3v) is 3.35. The number of aromatic nitrogens is 1. The van der Waals surface area contributed by atoms with Gasteiger partial charge in [0.25, 0.3) is 0 Å². The Morgan fingerprint density at radius 1 is 1.31 bits per heavy atom. The van der Waals surface area contributed by atoms with E-state index >= 15 is 0 Å². The molecule has 0 fully saturated rings. The van der Waals surface area contributed by atoms with Crippen molar-refractivity contribution in [3.63, 3.8) is 0 Å². The van der Waals surface area contributed by atoms with Gasteiger partial charge in [0.2, 0.25) is 0 Å². The summed E-state index contributed by atoms with van der Waals surface area (Å²) in [5, 5.41) is 6.22. The topological polar surface area (TPSA) is 24.9 Å². The fraction of sp³-hybridized carbons (Fsp3) is 0.250. The third kappa shape index (κ3) is 3.22. The van der Waals surface area contributed by atoms with Crippen molar-refractivity contribution in [1.29, 1.82) is 0 Å². The summed E-state index contributed by atoms with van der Waals surface area (Å²) in [6.45, 7) is 0. The number of halogens is 1. The molecule has 0 radical (unpaired) electrons. The summed E-state index contributed by atoms with van der Waals surface area (Å²) in [5.74, 6) is 0.578. The van der Waals surface area contributed by atoms with Crippen molar-refractivity contribution >= 4 is 28.1 Å². The average Bonchev–Trinajstić information content (AvgIpc) is 2.82. The minimum absolute atomic E-state index is 0.232. The SMILES string of the molecule is ClCC(Cc1ccccc1)Nc1nccs1. The zero-order chi connectivity index (χ0) is 11.2. The standard InChI is InChI=1S/C12H13ClN2S/c13-9-11(15-12-14-6-7-16-12)8-10-4-2-1-3-5-10/h1-7,11H,8-9H2,(H,14,15). The first-order valence-corrected chi connectivity index (χ1v) is 6.56. The van der Waals surface area contributed by atoms with Gasteiger partial charge in [-0.25, -0.2) is 4.98 Å². The Morgan fingerprint density at radius 2 is 2.12 bits per heavy atom. The predicted octanol–water partition coefficient (Wildman–Crippen LogP) is 3.41. The quantitative estimate of drug-likeness (QED) is 0.825. The molecule has 0 saturated carbocycles. The summed E-state index contributed by atoms with van der Waals surface area (Å²) in [6, 6.07) is 10.6. The number of rotatable bonds is 5. The van der Waals surface area contributed by atoms with E-state index in [0.29, 0.717) is 5.88 Å². The molecule has 0 amide bonds. The highest BCUT2D eigenvalue weighted by atomic mass is 35.5. The minimum atomic E-state index is 0.232. The van der Waals surface area contributed by atoms with Gasteiger partial charge in [-0.15, -0.1) is 22.9 Å². The van der Waals surface area contributed by atoms with Crippen LogP contribution in [0.1, 0.15) is 5.56 Å². The maximum absolute atomic E-state index is 5.95. The molecule has 1 aromatic carbocycles. The first-order chi connectivity index (χ1) is 7.88. The van der Waals surface area contributed by atoms with Crippen molar-refractivity contribution in [2.24, 2.45) is 0 Å². The lowest BCUT2D eigenvalue weighted by atomic mass is 10.1. The summed E-state index contributed by atoms with van der Waals surface area (Å²) in [4.78, 5) is 4.19. The molecule has 1 atom stereocenters. The molecule has 0 spiro atoms. The molecule has 1 aromatic heterocycles. The maximum Gasteiger partial charge on any atom is 0.182 e. The molecule has 2 aromatic rings. The Labute approximate surface area is 104 Å². The van der Waals surface area contributed by atoms with Gasteiger partial charge in [0.15, 0.2) is 5.13 Å². The van der Waals surface area contributed by atoms with E-state index in [-0.39, 0.29) is 6.04 Å². The van der Waals surface area contributed by atoms with Gasteiger partial charge in [-0.2, -0.15) is 0 Å². The molecule has 16 heavy (non-hydrogen) atoms. The lowest BCUT2D eigenvalue weighted by Crippen LogP contribution is -2.23. The number of nitrogens with zero attached hydrogens (tertiary/aromatic N) is 1. The normalized spacial score (nSPS) is 12.3. The molecular weight excluding hydrogens is 240 g/mol. The van der Waals surface area contributed by atoms with E-state index in [1.807, 2.05) is 23.6 Å². The minimum Gasteiger partial charge on any atom is -0.357 e. The van der Waals surface area contributed by atoms with Gasteiger partial charge < -0.3 is 5.32 Å². The first-order valence-electron chi connectivity index (χ1n) is 5.14. The van der Waals surface area contributed by atoms with Crippen molar-refractivity contribution in [2.75, 3.05) is 11.2 Å². The number of alkyl halides is 1. The van der Waals surface area contributed by atoms with Crippen molar-refractivity contribution in [1.82, 2.24) is 4.98 Å². The Balaban J connectivity index is 1.96. The molecule has 1 N–H and O–H groups in total. The van der Waals surface area contributed by atoms with Crippen molar-refractivity contribution in [3.8, 4) is 0 Å². The van der Waals surface area contributed by atoms with Crippen LogP contribution in [0.5, 0.6) is 0 Å². The second-order valence-corrected chi connectivity index (χ2v) is 4.73. The van der Waals surface area contributed by atoms with Crippen LogP contribution in [0.4, 0.5) is 5.13 Å². The Bertz CT molecular complexity index is 402. The average molecular weight is 253 g/mol. The second kappa shape index (κ2) is 5.87. The van der Waals surface area contributed by atoms with Crippen LogP contribution in [0.15, 0.2) is 41.9 Å². The van der Waals surface area contributed by atoms with Crippen molar-refractivity contribution in [2.45, 2.75) is 12.5 Å². The highest BCUT2D eigenvalue weighted by Crippen LogP contribution is 2.14. The summed E-state index contributed by atoms with van der Waals surface area (Å²) in [6.07, 6.45) is 2.71. The summed E-state index contributed by atoms with van der Waals surface area (Å²) < 4.78 is 0. The van der Waals surface area contributed by atoms with Gasteiger partial charge in [0.05, 0.1) is 0 Å². The molecule has 2 rings (SSSR count). The highest BCUT2D eigenvalue weighted by molar-refractivity contribution is 7.13. The monoisotopic (exact) mass is 252 g/mol. The zero-order valence-electron chi connectivity index (χ0n) is 8.77. The number of anilines is 1. The molecule has 1 unspecified atom stereocenters. The van der Waals surface area contributed by atoms with Crippen LogP contribution in [0.3, 0.4) is 0 Å². The lowest BCUT2D eigenvalue weighted by molar-refractivity contribution is 0.795. The van der Waals surface area contributed by atoms with Gasteiger partial charge in [-0.1, -0.05) is 30.3 Å². The van der Waals surface area contributed by atoms with Crippen LogP contribution in [-0.4, -0.2) is 16.9 Å². The summed E-state index contributed by atoms with van der Waals surface area (Å²) >= 11 is 7.55. The Kier molecular flexibility index (Phi) is 4.19. The fourth-order valence-corrected chi connectivity index (χ4v) is 2.31. The molecule has 4 heteroatoms. The van der Waals surface area contributed by atoms with E-state index < -0.39 is 0 Å². The molecule has 0 aliphatic rings. The fourth-order valence-electron chi connectivity index (χ4n) is 1.51. The number of hydrogen-bond acceptors (Lipinski definition) is 3. The number of benzene rings is 1.